The Morgan fingerprint density at radius 1 is 1.59 bits per heavy atom. The quantitative estimate of drug-likeness (QED) is 0.871. The molecular weight excluding hydrogens is 210 g/mol. The van der Waals surface area contributed by atoms with Gasteiger partial charge in [0.15, 0.2) is 0 Å². The molecule has 0 spiro atoms. The molecule has 2 N–H and O–H groups in total. The van der Waals surface area contributed by atoms with Crippen molar-refractivity contribution < 1.29 is 0 Å². The number of aromatic nitrogens is 2. The van der Waals surface area contributed by atoms with Crippen LogP contribution in [-0.4, -0.2) is 16.3 Å². The van der Waals surface area contributed by atoms with E-state index in [4.69, 9.17) is 5.73 Å². The minimum Gasteiger partial charge on any atom is -0.330 e. The van der Waals surface area contributed by atoms with E-state index in [9.17, 15) is 0 Å². The summed E-state index contributed by atoms with van der Waals surface area (Å²) in [6, 6.07) is 0. The van der Waals surface area contributed by atoms with Crippen LogP contribution in [0, 0.1) is 11.3 Å². The Balaban J connectivity index is 2.08. The van der Waals surface area contributed by atoms with Crippen molar-refractivity contribution in [3.05, 3.63) is 18.0 Å². The van der Waals surface area contributed by atoms with Gasteiger partial charge in [0.2, 0.25) is 0 Å². The molecule has 1 aliphatic rings. The molecule has 0 amide bonds. The van der Waals surface area contributed by atoms with Crippen molar-refractivity contribution in [2.75, 3.05) is 6.54 Å². The summed E-state index contributed by atoms with van der Waals surface area (Å²) in [5.41, 5.74) is 7.76. The first-order chi connectivity index (χ1) is 8.17. The van der Waals surface area contributed by atoms with Gasteiger partial charge in [-0.1, -0.05) is 26.2 Å². The first-order valence-corrected chi connectivity index (χ1v) is 6.85. The van der Waals surface area contributed by atoms with Crippen molar-refractivity contribution in [1.82, 2.24) is 9.78 Å². The third-order valence-electron chi connectivity index (χ3n) is 4.39. The predicted octanol–water partition coefficient (Wildman–Crippen LogP) is 2.51. The third-order valence-corrected chi connectivity index (χ3v) is 4.39. The van der Waals surface area contributed by atoms with Crippen LogP contribution in [0.4, 0.5) is 0 Å². The third kappa shape index (κ3) is 2.89. The number of aryl methyl sites for hydroxylation is 1. The second-order valence-corrected chi connectivity index (χ2v) is 5.77. The Kier molecular flexibility index (Phi) is 3.87. The summed E-state index contributed by atoms with van der Waals surface area (Å²) < 4.78 is 1.89. The zero-order chi connectivity index (χ0) is 12.3. The van der Waals surface area contributed by atoms with E-state index in [1.54, 1.807) is 0 Å². The SMILES string of the molecule is CCC1CCCC(CN)(Cc2cnn(C)c2)C1. The molecule has 1 heterocycles. The molecule has 0 radical (unpaired) electrons. The van der Waals surface area contributed by atoms with Crippen LogP contribution < -0.4 is 5.73 Å². The fourth-order valence-corrected chi connectivity index (χ4v) is 3.34. The standard InChI is InChI=1S/C14H25N3/c1-3-12-5-4-6-14(7-12,11-15)8-13-9-16-17(2)10-13/h9-10,12H,3-8,11,15H2,1-2H3. The van der Waals surface area contributed by atoms with Crippen molar-refractivity contribution >= 4 is 0 Å². The number of hydrogen-bond acceptors (Lipinski definition) is 2. The van der Waals surface area contributed by atoms with Crippen molar-refractivity contribution in [2.45, 2.75) is 45.4 Å². The van der Waals surface area contributed by atoms with Crippen LogP contribution in [0.2, 0.25) is 0 Å². The molecule has 2 atom stereocenters. The molecule has 0 aliphatic heterocycles. The number of nitrogens with two attached hydrogens (primary N) is 1. The van der Waals surface area contributed by atoms with Gasteiger partial charge in [0.25, 0.3) is 0 Å². The van der Waals surface area contributed by atoms with Crippen LogP contribution in [0.15, 0.2) is 12.4 Å². The average Bonchev–Trinajstić information content (AvgIpc) is 2.75. The molecule has 1 aromatic rings. The molecule has 3 nitrogen and oxygen atoms in total. The smallest absolute Gasteiger partial charge is 0.0521 e. The number of rotatable bonds is 4. The van der Waals surface area contributed by atoms with Gasteiger partial charge in [-0.25, -0.2) is 0 Å². The van der Waals surface area contributed by atoms with Crippen molar-refractivity contribution in [1.29, 1.82) is 0 Å². The summed E-state index contributed by atoms with van der Waals surface area (Å²) in [4.78, 5) is 0. The lowest BCUT2D eigenvalue weighted by atomic mass is 9.66. The molecule has 1 saturated carbocycles. The van der Waals surface area contributed by atoms with E-state index in [-0.39, 0.29) is 0 Å². The fourth-order valence-electron chi connectivity index (χ4n) is 3.34. The van der Waals surface area contributed by atoms with Gasteiger partial charge in [0, 0.05) is 13.2 Å². The summed E-state index contributed by atoms with van der Waals surface area (Å²) in [5.74, 6) is 0.879. The van der Waals surface area contributed by atoms with Gasteiger partial charge in [-0.15, -0.1) is 0 Å². The highest BCUT2D eigenvalue weighted by atomic mass is 15.2. The molecule has 0 bridgehead atoms. The molecule has 3 heteroatoms. The zero-order valence-corrected chi connectivity index (χ0v) is 11.2. The Morgan fingerprint density at radius 2 is 2.41 bits per heavy atom. The normalized spacial score (nSPS) is 29.5. The van der Waals surface area contributed by atoms with Crippen LogP contribution in [0.3, 0.4) is 0 Å². The van der Waals surface area contributed by atoms with Gasteiger partial charge >= 0.3 is 0 Å². The predicted molar refractivity (Wildman–Crippen MR) is 70.6 cm³/mol. The van der Waals surface area contributed by atoms with E-state index in [0.717, 1.165) is 18.9 Å². The molecular formula is C14H25N3. The Hall–Kier alpha value is -0.830. The van der Waals surface area contributed by atoms with E-state index < -0.39 is 0 Å². The van der Waals surface area contributed by atoms with E-state index in [2.05, 4.69) is 18.2 Å². The molecule has 96 valence electrons. The lowest BCUT2D eigenvalue weighted by Crippen LogP contribution is -2.37. The molecule has 0 saturated heterocycles. The minimum absolute atomic E-state index is 0.335. The summed E-state index contributed by atoms with van der Waals surface area (Å²) in [6.45, 7) is 3.12. The Bertz CT molecular complexity index is 358. The average molecular weight is 235 g/mol. The first-order valence-electron chi connectivity index (χ1n) is 6.85. The summed E-state index contributed by atoms with van der Waals surface area (Å²) in [5, 5.41) is 4.26. The molecule has 2 unspecified atom stereocenters. The van der Waals surface area contributed by atoms with E-state index in [1.807, 2.05) is 17.9 Å². The second-order valence-electron chi connectivity index (χ2n) is 5.77. The Morgan fingerprint density at radius 3 is 3.00 bits per heavy atom. The highest BCUT2D eigenvalue weighted by molar-refractivity contribution is 5.08. The molecule has 1 fully saturated rings. The van der Waals surface area contributed by atoms with Crippen LogP contribution in [0.1, 0.15) is 44.6 Å². The maximum absolute atomic E-state index is 6.08. The molecule has 1 aliphatic carbocycles. The van der Waals surface area contributed by atoms with Gasteiger partial charge in [-0.3, -0.25) is 4.68 Å². The van der Waals surface area contributed by atoms with Crippen LogP contribution in [0.25, 0.3) is 0 Å². The largest absolute Gasteiger partial charge is 0.330 e. The molecule has 17 heavy (non-hydrogen) atoms. The molecule has 0 aromatic carbocycles. The maximum Gasteiger partial charge on any atom is 0.0521 e. The zero-order valence-electron chi connectivity index (χ0n) is 11.2. The highest BCUT2D eigenvalue weighted by Crippen LogP contribution is 2.42. The van der Waals surface area contributed by atoms with Gasteiger partial charge in [-0.2, -0.15) is 5.10 Å². The fraction of sp³-hybridized carbons (Fsp3) is 0.786. The molecule has 2 rings (SSSR count). The van der Waals surface area contributed by atoms with E-state index in [0.29, 0.717) is 5.41 Å². The van der Waals surface area contributed by atoms with Crippen molar-refractivity contribution in [2.24, 2.45) is 24.1 Å². The summed E-state index contributed by atoms with van der Waals surface area (Å²) in [7, 11) is 1.98. The monoisotopic (exact) mass is 235 g/mol. The second kappa shape index (κ2) is 5.21. The van der Waals surface area contributed by atoms with Crippen molar-refractivity contribution in [3.63, 3.8) is 0 Å². The van der Waals surface area contributed by atoms with Crippen LogP contribution >= 0.6 is 0 Å². The van der Waals surface area contributed by atoms with E-state index in [1.165, 1.54) is 37.7 Å². The highest BCUT2D eigenvalue weighted by Gasteiger charge is 2.34. The van der Waals surface area contributed by atoms with E-state index >= 15 is 0 Å². The lowest BCUT2D eigenvalue weighted by molar-refractivity contribution is 0.142. The maximum atomic E-state index is 6.08. The lowest BCUT2D eigenvalue weighted by Gasteiger charge is -2.40. The van der Waals surface area contributed by atoms with Crippen molar-refractivity contribution in [3.8, 4) is 0 Å². The minimum atomic E-state index is 0.335. The number of nitrogens with zero attached hydrogens (tertiary/aromatic N) is 2. The van der Waals surface area contributed by atoms with Gasteiger partial charge in [0.1, 0.15) is 0 Å². The Labute approximate surface area is 104 Å². The van der Waals surface area contributed by atoms with Gasteiger partial charge in [0.05, 0.1) is 6.20 Å². The first kappa shape index (κ1) is 12.6. The molecule has 1 aromatic heterocycles. The summed E-state index contributed by atoms with van der Waals surface area (Å²) in [6.07, 6.45) is 11.9. The van der Waals surface area contributed by atoms with Gasteiger partial charge < -0.3 is 5.73 Å². The van der Waals surface area contributed by atoms with Crippen LogP contribution in [-0.2, 0) is 13.5 Å². The van der Waals surface area contributed by atoms with Gasteiger partial charge in [-0.05, 0) is 42.7 Å². The number of hydrogen-bond donors (Lipinski definition) is 1. The van der Waals surface area contributed by atoms with Crippen LogP contribution in [0.5, 0.6) is 0 Å². The summed E-state index contributed by atoms with van der Waals surface area (Å²) >= 11 is 0. The topological polar surface area (TPSA) is 43.8 Å².